The van der Waals surface area contributed by atoms with E-state index in [1.807, 2.05) is 0 Å². The molecule has 0 radical (unpaired) electrons. The summed E-state index contributed by atoms with van der Waals surface area (Å²) in [6, 6.07) is 3.20. The van der Waals surface area contributed by atoms with Gasteiger partial charge in [0.05, 0.1) is 22.8 Å². The fourth-order valence-electron chi connectivity index (χ4n) is 2.39. The molecule has 2 atom stereocenters. The lowest BCUT2D eigenvalue weighted by Gasteiger charge is -2.16. The Hall–Kier alpha value is -1.61. The molecule has 1 aliphatic rings. The monoisotopic (exact) mass is 337 g/mol. The molecule has 122 valence electrons. The molecule has 1 fully saturated rings. The van der Waals surface area contributed by atoms with Gasteiger partial charge in [-0.15, -0.1) is 0 Å². The number of benzene rings is 1. The first kappa shape index (κ1) is 16.8. The molecule has 5 nitrogen and oxygen atoms in total. The lowest BCUT2D eigenvalue weighted by Crippen LogP contribution is -2.31. The highest BCUT2D eigenvalue weighted by Gasteiger charge is 2.43. The van der Waals surface area contributed by atoms with Gasteiger partial charge in [0.1, 0.15) is 6.04 Å². The van der Waals surface area contributed by atoms with Crippen molar-refractivity contribution < 1.29 is 31.1 Å². The molecular weight excluding hydrogens is 323 g/mol. The predicted octanol–water partition coefficient (Wildman–Crippen LogP) is 1.38. The minimum absolute atomic E-state index is 0.103. The van der Waals surface area contributed by atoms with Crippen LogP contribution in [0.5, 0.6) is 0 Å². The van der Waals surface area contributed by atoms with Gasteiger partial charge in [-0.3, -0.25) is 4.79 Å². The van der Waals surface area contributed by atoms with Crippen molar-refractivity contribution in [1.82, 2.24) is 5.32 Å². The normalized spacial score (nSPS) is 22.5. The second-order valence-corrected chi connectivity index (χ2v) is 7.08. The smallest absolute Gasteiger partial charge is 0.417 e. The van der Waals surface area contributed by atoms with Crippen LogP contribution >= 0.6 is 0 Å². The molecular formula is C13H14F3NO4S. The Morgan fingerprint density at radius 1 is 1.32 bits per heavy atom. The van der Waals surface area contributed by atoms with Crippen LogP contribution in [0.15, 0.2) is 29.2 Å². The zero-order valence-electron chi connectivity index (χ0n) is 11.6. The van der Waals surface area contributed by atoms with Crippen molar-refractivity contribution in [2.75, 3.05) is 13.7 Å². The minimum Gasteiger partial charge on any atom is -0.468 e. The van der Waals surface area contributed by atoms with E-state index in [9.17, 15) is 26.4 Å². The van der Waals surface area contributed by atoms with Crippen LogP contribution < -0.4 is 5.32 Å². The Morgan fingerprint density at radius 2 is 1.95 bits per heavy atom. The third kappa shape index (κ3) is 3.09. The first-order chi connectivity index (χ1) is 10.2. The van der Waals surface area contributed by atoms with Crippen molar-refractivity contribution >= 4 is 15.8 Å². The van der Waals surface area contributed by atoms with E-state index < -0.39 is 43.7 Å². The lowest BCUT2D eigenvalue weighted by molar-refractivity contribution is -0.142. The second-order valence-electron chi connectivity index (χ2n) is 4.88. The summed E-state index contributed by atoms with van der Waals surface area (Å²) in [5.41, 5.74) is -1.20. The number of hydrogen-bond donors (Lipinski definition) is 1. The van der Waals surface area contributed by atoms with Crippen molar-refractivity contribution in [3.8, 4) is 0 Å². The first-order valence-corrected chi connectivity index (χ1v) is 7.94. The minimum atomic E-state index is -4.77. The van der Waals surface area contributed by atoms with Gasteiger partial charge in [0, 0.05) is 6.54 Å². The van der Waals surface area contributed by atoms with Crippen molar-refractivity contribution in [2.45, 2.75) is 28.8 Å². The van der Waals surface area contributed by atoms with Gasteiger partial charge in [0.2, 0.25) is 0 Å². The van der Waals surface area contributed by atoms with Gasteiger partial charge >= 0.3 is 12.1 Å². The number of rotatable bonds is 3. The summed E-state index contributed by atoms with van der Waals surface area (Å²) in [6.45, 7) is -0.103. The summed E-state index contributed by atoms with van der Waals surface area (Å²) in [4.78, 5) is 10.6. The standard InChI is InChI=1S/C13H14F3NO4S/c1-21-12(18)10-6-8(7-17-10)22(19,20)11-5-3-2-4-9(11)13(14,15)16/h2-5,8,10,17H,6-7H2,1H3/t8-,10+/m1/s1. The zero-order valence-corrected chi connectivity index (χ0v) is 12.4. The number of sulfone groups is 1. The predicted molar refractivity (Wildman–Crippen MR) is 70.8 cm³/mol. The average molecular weight is 337 g/mol. The van der Waals surface area contributed by atoms with Gasteiger partial charge in [0.15, 0.2) is 9.84 Å². The van der Waals surface area contributed by atoms with E-state index in [0.29, 0.717) is 0 Å². The van der Waals surface area contributed by atoms with E-state index in [1.165, 1.54) is 6.07 Å². The van der Waals surface area contributed by atoms with Crippen molar-refractivity contribution in [3.63, 3.8) is 0 Å². The van der Waals surface area contributed by atoms with Gasteiger partial charge < -0.3 is 10.1 Å². The van der Waals surface area contributed by atoms with E-state index in [-0.39, 0.29) is 13.0 Å². The summed E-state index contributed by atoms with van der Waals surface area (Å²) in [5, 5.41) is 1.55. The SMILES string of the molecule is COC(=O)[C@@H]1C[C@@H](S(=O)(=O)c2ccccc2C(F)(F)F)CN1. The molecule has 0 spiro atoms. The fourth-order valence-corrected chi connectivity index (χ4v) is 4.27. The van der Waals surface area contributed by atoms with Crippen LogP contribution in [0.4, 0.5) is 13.2 Å². The number of hydrogen-bond acceptors (Lipinski definition) is 5. The van der Waals surface area contributed by atoms with Crippen LogP contribution in [-0.2, 0) is 25.5 Å². The molecule has 1 N–H and O–H groups in total. The molecule has 2 rings (SSSR count). The Labute approximate surface area is 125 Å². The molecule has 9 heteroatoms. The third-order valence-electron chi connectivity index (χ3n) is 3.51. The van der Waals surface area contributed by atoms with Crippen LogP contribution in [0.3, 0.4) is 0 Å². The summed E-state index contributed by atoms with van der Waals surface area (Å²) >= 11 is 0. The summed E-state index contributed by atoms with van der Waals surface area (Å²) in [7, 11) is -3.06. The third-order valence-corrected chi connectivity index (χ3v) is 5.72. The molecule has 0 amide bonds. The number of ether oxygens (including phenoxy) is 1. The molecule has 1 aromatic rings. The number of esters is 1. The molecule has 1 heterocycles. The maximum absolute atomic E-state index is 13.0. The quantitative estimate of drug-likeness (QED) is 0.844. The van der Waals surface area contributed by atoms with Crippen LogP contribution in [0.25, 0.3) is 0 Å². The highest BCUT2D eigenvalue weighted by atomic mass is 32.2. The first-order valence-electron chi connectivity index (χ1n) is 6.39. The maximum Gasteiger partial charge on any atom is 0.417 e. The van der Waals surface area contributed by atoms with E-state index >= 15 is 0 Å². The summed E-state index contributed by atoms with van der Waals surface area (Å²) < 4.78 is 68.3. The Bertz CT molecular complexity index is 672. The molecule has 1 aliphatic heterocycles. The topological polar surface area (TPSA) is 72.5 Å². The van der Waals surface area contributed by atoms with E-state index in [1.54, 1.807) is 0 Å². The molecule has 22 heavy (non-hydrogen) atoms. The van der Waals surface area contributed by atoms with Gasteiger partial charge in [-0.2, -0.15) is 13.2 Å². The van der Waals surface area contributed by atoms with E-state index in [0.717, 1.165) is 25.3 Å². The Kier molecular flexibility index (Phi) is 4.48. The number of carbonyl (C=O) groups excluding carboxylic acids is 1. The van der Waals surface area contributed by atoms with E-state index in [4.69, 9.17) is 0 Å². The Balaban J connectivity index is 2.35. The van der Waals surface area contributed by atoms with Crippen LogP contribution in [-0.4, -0.2) is 39.3 Å². The highest BCUT2D eigenvalue weighted by molar-refractivity contribution is 7.92. The molecule has 1 saturated heterocycles. The molecule has 0 bridgehead atoms. The van der Waals surface area contributed by atoms with Crippen LogP contribution in [0.1, 0.15) is 12.0 Å². The molecule has 1 aromatic carbocycles. The fraction of sp³-hybridized carbons (Fsp3) is 0.462. The number of alkyl halides is 3. The van der Waals surface area contributed by atoms with Gasteiger partial charge in [-0.25, -0.2) is 8.42 Å². The van der Waals surface area contributed by atoms with Crippen LogP contribution in [0.2, 0.25) is 0 Å². The highest BCUT2D eigenvalue weighted by Crippen LogP contribution is 2.36. The van der Waals surface area contributed by atoms with E-state index in [2.05, 4.69) is 10.1 Å². The van der Waals surface area contributed by atoms with Gasteiger partial charge in [-0.1, -0.05) is 12.1 Å². The van der Waals surface area contributed by atoms with Crippen LogP contribution in [0, 0.1) is 0 Å². The number of methoxy groups -OCH3 is 1. The van der Waals surface area contributed by atoms with Crippen molar-refractivity contribution in [2.24, 2.45) is 0 Å². The molecule has 0 aliphatic carbocycles. The van der Waals surface area contributed by atoms with Gasteiger partial charge in [0.25, 0.3) is 0 Å². The zero-order chi connectivity index (χ0) is 16.5. The average Bonchev–Trinajstić information content (AvgIpc) is 2.96. The van der Waals surface area contributed by atoms with Crippen molar-refractivity contribution in [1.29, 1.82) is 0 Å². The number of halogens is 3. The summed E-state index contributed by atoms with van der Waals surface area (Å²) in [5.74, 6) is -0.637. The molecule has 0 saturated carbocycles. The lowest BCUT2D eigenvalue weighted by atomic mass is 10.2. The number of nitrogens with one attached hydrogen (secondary N) is 1. The molecule has 0 unspecified atom stereocenters. The second kappa shape index (κ2) is 5.88. The Morgan fingerprint density at radius 3 is 2.55 bits per heavy atom. The number of carbonyl (C=O) groups is 1. The van der Waals surface area contributed by atoms with Gasteiger partial charge in [-0.05, 0) is 18.6 Å². The van der Waals surface area contributed by atoms with Crippen molar-refractivity contribution in [3.05, 3.63) is 29.8 Å². The largest absolute Gasteiger partial charge is 0.468 e. The summed E-state index contributed by atoms with van der Waals surface area (Å²) in [6.07, 6.45) is -4.89. The maximum atomic E-state index is 13.0. The molecule has 0 aromatic heterocycles.